The summed E-state index contributed by atoms with van der Waals surface area (Å²) in [5.74, 6) is -2.08. The monoisotopic (exact) mass is 442 g/mol. The van der Waals surface area contributed by atoms with Crippen LogP contribution < -0.4 is 0 Å². The standard InChI is InChI=1S/C24H17ClF2O2S/c1-2-29-24(28)16-5-3-4-15(12-16)18-7-8-20(25)19-13-17(30-23(18)19)10-14-6-9-21(26)22(27)11-14/h3-9,11-13H,2,10H2,1H3. The second kappa shape index (κ2) is 8.54. The lowest BCUT2D eigenvalue weighted by Gasteiger charge is -2.07. The molecule has 152 valence electrons. The van der Waals surface area contributed by atoms with Gasteiger partial charge in [-0.1, -0.05) is 35.9 Å². The van der Waals surface area contributed by atoms with E-state index < -0.39 is 11.6 Å². The Hall–Kier alpha value is -2.76. The first kappa shape index (κ1) is 20.5. The van der Waals surface area contributed by atoms with Crippen LogP contribution in [0.4, 0.5) is 8.78 Å². The van der Waals surface area contributed by atoms with Crippen molar-refractivity contribution in [2.24, 2.45) is 0 Å². The molecule has 0 saturated heterocycles. The number of hydrogen-bond donors (Lipinski definition) is 0. The summed E-state index contributed by atoms with van der Waals surface area (Å²) < 4.78 is 32.8. The molecule has 6 heteroatoms. The largest absolute Gasteiger partial charge is 0.462 e. The van der Waals surface area contributed by atoms with Gasteiger partial charge in [-0.3, -0.25) is 0 Å². The number of rotatable bonds is 5. The summed E-state index contributed by atoms with van der Waals surface area (Å²) in [6.07, 6.45) is 0.467. The van der Waals surface area contributed by atoms with E-state index in [1.165, 1.54) is 6.07 Å². The van der Waals surface area contributed by atoms with Crippen LogP contribution in [0.15, 0.2) is 60.7 Å². The van der Waals surface area contributed by atoms with Crippen molar-refractivity contribution >= 4 is 39.0 Å². The van der Waals surface area contributed by atoms with Gasteiger partial charge in [-0.15, -0.1) is 11.3 Å². The fraction of sp³-hybridized carbons (Fsp3) is 0.125. The molecule has 30 heavy (non-hydrogen) atoms. The van der Waals surface area contributed by atoms with Crippen LogP contribution in [0, 0.1) is 11.6 Å². The van der Waals surface area contributed by atoms with Crippen molar-refractivity contribution in [3.05, 3.63) is 93.3 Å². The number of hydrogen-bond acceptors (Lipinski definition) is 3. The number of ether oxygens (including phenoxy) is 1. The summed E-state index contributed by atoms with van der Waals surface area (Å²) in [5, 5.41) is 1.50. The van der Waals surface area contributed by atoms with Crippen molar-refractivity contribution < 1.29 is 18.3 Å². The van der Waals surface area contributed by atoms with Crippen molar-refractivity contribution in [2.75, 3.05) is 6.61 Å². The lowest BCUT2D eigenvalue weighted by atomic mass is 10.0. The van der Waals surface area contributed by atoms with Crippen LogP contribution in [-0.4, -0.2) is 12.6 Å². The van der Waals surface area contributed by atoms with Crippen molar-refractivity contribution in [3.63, 3.8) is 0 Å². The van der Waals surface area contributed by atoms with Gasteiger partial charge in [-0.2, -0.15) is 0 Å². The molecule has 0 aliphatic heterocycles. The van der Waals surface area contributed by atoms with Crippen molar-refractivity contribution in [2.45, 2.75) is 13.3 Å². The molecule has 0 bridgehead atoms. The first-order valence-electron chi connectivity index (χ1n) is 9.38. The molecule has 0 atom stereocenters. The summed E-state index contributed by atoms with van der Waals surface area (Å²) >= 11 is 7.97. The average molecular weight is 443 g/mol. The van der Waals surface area contributed by atoms with Crippen LogP contribution in [0.3, 0.4) is 0 Å². The smallest absolute Gasteiger partial charge is 0.338 e. The first-order valence-corrected chi connectivity index (χ1v) is 10.6. The minimum absolute atomic E-state index is 0.312. The molecule has 0 fully saturated rings. The van der Waals surface area contributed by atoms with E-state index in [1.807, 2.05) is 30.3 Å². The van der Waals surface area contributed by atoms with E-state index in [-0.39, 0.29) is 5.97 Å². The van der Waals surface area contributed by atoms with Gasteiger partial charge < -0.3 is 4.74 Å². The van der Waals surface area contributed by atoms with E-state index in [9.17, 15) is 13.6 Å². The number of esters is 1. The van der Waals surface area contributed by atoms with Gasteiger partial charge in [-0.25, -0.2) is 13.6 Å². The Bertz CT molecular complexity index is 1250. The van der Waals surface area contributed by atoms with Crippen molar-refractivity contribution in [1.82, 2.24) is 0 Å². The Morgan fingerprint density at radius 1 is 1.03 bits per heavy atom. The van der Waals surface area contributed by atoms with E-state index in [2.05, 4.69) is 0 Å². The molecule has 0 saturated carbocycles. The fourth-order valence-corrected chi connectivity index (χ4v) is 4.86. The summed E-state index contributed by atoms with van der Waals surface area (Å²) in [6, 6.07) is 16.9. The van der Waals surface area contributed by atoms with Crippen molar-refractivity contribution in [3.8, 4) is 11.1 Å². The average Bonchev–Trinajstić information content (AvgIpc) is 3.16. The van der Waals surface area contributed by atoms with Crippen LogP contribution in [-0.2, 0) is 11.2 Å². The van der Waals surface area contributed by atoms with Gasteiger partial charge in [0.05, 0.1) is 12.2 Å². The third-order valence-electron chi connectivity index (χ3n) is 4.73. The van der Waals surface area contributed by atoms with Crippen LogP contribution in [0.5, 0.6) is 0 Å². The van der Waals surface area contributed by atoms with E-state index in [0.717, 1.165) is 32.2 Å². The minimum atomic E-state index is -0.859. The zero-order chi connectivity index (χ0) is 21.3. The zero-order valence-corrected chi connectivity index (χ0v) is 17.6. The Labute approximate surface area is 181 Å². The molecule has 0 amide bonds. The van der Waals surface area contributed by atoms with E-state index in [0.29, 0.717) is 29.2 Å². The maximum atomic E-state index is 13.6. The predicted octanol–water partition coefficient (Wildman–Crippen LogP) is 7.27. The number of halogens is 3. The van der Waals surface area contributed by atoms with Gasteiger partial charge >= 0.3 is 5.97 Å². The van der Waals surface area contributed by atoms with Crippen LogP contribution in [0.2, 0.25) is 5.02 Å². The van der Waals surface area contributed by atoms with Crippen LogP contribution >= 0.6 is 22.9 Å². The lowest BCUT2D eigenvalue weighted by molar-refractivity contribution is 0.0526. The number of thiophene rings is 1. The molecular weight excluding hydrogens is 426 g/mol. The molecular formula is C24H17ClF2O2S. The number of carbonyl (C=O) groups excluding carboxylic acids is 1. The summed E-state index contributed by atoms with van der Waals surface area (Å²) in [7, 11) is 0. The van der Waals surface area contributed by atoms with Gasteiger partial charge in [0, 0.05) is 26.4 Å². The van der Waals surface area contributed by atoms with E-state index in [4.69, 9.17) is 16.3 Å². The number of fused-ring (bicyclic) bond motifs is 1. The van der Waals surface area contributed by atoms with E-state index in [1.54, 1.807) is 36.5 Å². The Morgan fingerprint density at radius 2 is 1.87 bits per heavy atom. The van der Waals surface area contributed by atoms with Gasteiger partial charge in [0.1, 0.15) is 0 Å². The van der Waals surface area contributed by atoms with Gasteiger partial charge in [0.25, 0.3) is 0 Å². The highest BCUT2D eigenvalue weighted by Gasteiger charge is 2.14. The molecule has 0 aliphatic rings. The third kappa shape index (κ3) is 4.09. The molecule has 3 aromatic carbocycles. The molecule has 1 aromatic heterocycles. The molecule has 0 N–H and O–H groups in total. The Morgan fingerprint density at radius 3 is 2.63 bits per heavy atom. The van der Waals surface area contributed by atoms with E-state index >= 15 is 0 Å². The SMILES string of the molecule is CCOC(=O)c1cccc(-c2ccc(Cl)c3cc(Cc4ccc(F)c(F)c4)sc23)c1. The van der Waals surface area contributed by atoms with Crippen molar-refractivity contribution in [1.29, 1.82) is 0 Å². The predicted molar refractivity (Wildman–Crippen MR) is 117 cm³/mol. The number of benzene rings is 3. The Balaban J connectivity index is 1.75. The normalized spacial score (nSPS) is 11.1. The second-order valence-electron chi connectivity index (χ2n) is 6.78. The van der Waals surface area contributed by atoms with Crippen LogP contribution in [0.1, 0.15) is 27.7 Å². The minimum Gasteiger partial charge on any atom is -0.462 e. The quantitative estimate of drug-likeness (QED) is 0.304. The Kier molecular flexibility index (Phi) is 5.84. The first-order chi connectivity index (χ1) is 14.5. The lowest BCUT2D eigenvalue weighted by Crippen LogP contribution is -2.04. The summed E-state index contributed by atoms with van der Waals surface area (Å²) in [4.78, 5) is 13.1. The fourth-order valence-electron chi connectivity index (χ4n) is 3.33. The maximum absolute atomic E-state index is 13.6. The number of carbonyl (C=O) groups is 1. The van der Waals surface area contributed by atoms with Crippen LogP contribution in [0.25, 0.3) is 21.2 Å². The molecule has 0 radical (unpaired) electrons. The molecule has 0 aliphatic carbocycles. The van der Waals surface area contributed by atoms with Gasteiger partial charge in [0.15, 0.2) is 11.6 Å². The zero-order valence-electron chi connectivity index (χ0n) is 16.0. The highest BCUT2D eigenvalue weighted by atomic mass is 35.5. The molecule has 0 unspecified atom stereocenters. The highest BCUT2D eigenvalue weighted by molar-refractivity contribution is 7.19. The van der Waals surface area contributed by atoms with Gasteiger partial charge in [-0.05, 0) is 60.0 Å². The molecule has 4 aromatic rings. The summed E-state index contributed by atoms with van der Waals surface area (Å²) in [6.45, 7) is 2.08. The molecule has 2 nitrogen and oxygen atoms in total. The summed E-state index contributed by atoms with van der Waals surface area (Å²) in [5.41, 5.74) is 2.99. The molecule has 4 rings (SSSR count). The second-order valence-corrected chi connectivity index (χ2v) is 8.32. The molecule has 0 spiro atoms. The highest BCUT2D eigenvalue weighted by Crippen LogP contribution is 2.39. The topological polar surface area (TPSA) is 26.3 Å². The maximum Gasteiger partial charge on any atom is 0.338 e. The molecule has 1 heterocycles. The van der Waals surface area contributed by atoms with Gasteiger partial charge in [0.2, 0.25) is 0 Å². The third-order valence-corrected chi connectivity index (χ3v) is 6.23.